The van der Waals surface area contributed by atoms with Crippen LogP contribution in [0.3, 0.4) is 0 Å². The standard InChI is InChI=1S/C9H13IO/c1-8(2)6-3-4-9(10,5-6)7(8)11/h6H,3-5H2,1-2H3/t6-,9-/m1/s1. The van der Waals surface area contributed by atoms with Gasteiger partial charge < -0.3 is 0 Å². The molecule has 0 aromatic heterocycles. The molecule has 0 radical (unpaired) electrons. The predicted molar refractivity (Wildman–Crippen MR) is 52.9 cm³/mol. The van der Waals surface area contributed by atoms with Crippen LogP contribution in [0.25, 0.3) is 0 Å². The highest BCUT2D eigenvalue weighted by atomic mass is 127. The molecular formula is C9H13IO. The Labute approximate surface area is 81.1 Å². The van der Waals surface area contributed by atoms with Crippen LogP contribution >= 0.6 is 22.6 Å². The number of hydrogen-bond donors (Lipinski definition) is 0. The molecule has 2 heteroatoms. The van der Waals surface area contributed by atoms with Gasteiger partial charge in [-0.1, -0.05) is 36.4 Å². The summed E-state index contributed by atoms with van der Waals surface area (Å²) in [6.07, 6.45) is 3.53. The summed E-state index contributed by atoms with van der Waals surface area (Å²) in [5.41, 5.74) is -0.0144. The number of hydrogen-bond acceptors (Lipinski definition) is 1. The summed E-state index contributed by atoms with van der Waals surface area (Å²) in [5.74, 6) is 1.17. The number of rotatable bonds is 0. The summed E-state index contributed by atoms with van der Waals surface area (Å²) in [6, 6.07) is 0. The van der Waals surface area contributed by atoms with Gasteiger partial charge in [0.05, 0.1) is 3.42 Å². The van der Waals surface area contributed by atoms with Crippen molar-refractivity contribution in [3.05, 3.63) is 0 Å². The lowest BCUT2D eigenvalue weighted by molar-refractivity contribution is -0.128. The van der Waals surface area contributed by atoms with E-state index >= 15 is 0 Å². The first-order valence-corrected chi connectivity index (χ1v) is 5.28. The van der Waals surface area contributed by atoms with Gasteiger partial charge in [0, 0.05) is 5.41 Å². The monoisotopic (exact) mass is 264 g/mol. The Kier molecular flexibility index (Phi) is 1.46. The van der Waals surface area contributed by atoms with Crippen molar-refractivity contribution < 1.29 is 4.79 Å². The smallest absolute Gasteiger partial charge is 0.154 e. The van der Waals surface area contributed by atoms with Crippen LogP contribution < -0.4 is 0 Å². The van der Waals surface area contributed by atoms with Gasteiger partial charge in [-0.25, -0.2) is 0 Å². The molecule has 2 fully saturated rings. The number of fused-ring (bicyclic) bond motifs is 2. The number of carbonyl (C=O) groups is 1. The zero-order chi connectivity index (χ0) is 8.28. The van der Waals surface area contributed by atoms with E-state index in [2.05, 4.69) is 36.4 Å². The van der Waals surface area contributed by atoms with Gasteiger partial charge in [-0.2, -0.15) is 0 Å². The second kappa shape index (κ2) is 2.01. The lowest BCUT2D eigenvalue weighted by atomic mass is 9.76. The number of carbonyl (C=O) groups excluding carboxylic acids is 1. The molecule has 0 heterocycles. The van der Waals surface area contributed by atoms with Crippen LogP contribution in [0.5, 0.6) is 0 Å². The van der Waals surface area contributed by atoms with Gasteiger partial charge in [0.1, 0.15) is 0 Å². The fraction of sp³-hybridized carbons (Fsp3) is 0.889. The van der Waals surface area contributed by atoms with Crippen molar-refractivity contribution in [2.24, 2.45) is 11.3 Å². The quantitative estimate of drug-likeness (QED) is 0.485. The third-order valence-electron chi connectivity index (χ3n) is 3.47. The molecular weight excluding hydrogens is 251 g/mol. The van der Waals surface area contributed by atoms with Crippen LogP contribution in [0.4, 0.5) is 0 Å². The minimum Gasteiger partial charge on any atom is -0.298 e. The largest absolute Gasteiger partial charge is 0.298 e. The van der Waals surface area contributed by atoms with E-state index in [-0.39, 0.29) is 8.84 Å². The lowest BCUT2D eigenvalue weighted by Crippen LogP contribution is -2.37. The Bertz CT molecular complexity index is 215. The van der Waals surface area contributed by atoms with E-state index in [1.54, 1.807) is 0 Å². The van der Waals surface area contributed by atoms with Crippen LogP contribution in [-0.4, -0.2) is 9.20 Å². The van der Waals surface area contributed by atoms with Gasteiger partial charge in [-0.3, -0.25) is 4.79 Å². The summed E-state index contributed by atoms with van der Waals surface area (Å²) in [7, 11) is 0. The van der Waals surface area contributed by atoms with Gasteiger partial charge in [0.15, 0.2) is 5.78 Å². The highest BCUT2D eigenvalue weighted by Crippen LogP contribution is 2.59. The Morgan fingerprint density at radius 1 is 1.55 bits per heavy atom. The van der Waals surface area contributed by atoms with Crippen LogP contribution in [0, 0.1) is 11.3 Å². The molecule has 0 unspecified atom stereocenters. The van der Waals surface area contributed by atoms with Gasteiger partial charge in [0.25, 0.3) is 0 Å². The van der Waals surface area contributed by atoms with E-state index < -0.39 is 0 Å². The highest BCUT2D eigenvalue weighted by molar-refractivity contribution is 14.1. The number of alkyl halides is 1. The first kappa shape index (κ1) is 8.02. The van der Waals surface area contributed by atoms with E-state index in [1.165, 1.54) is 6.42 Å². The molecule has 2 aliphatic rings. The van der Waals surface area contributed by atoms with E-state index in [0.717, 1.165) is 12.8 Å². The Balaban J connectivity index is 2.42. The van der Waals surface area contributed by atoms with E-state index in [1.807, 2.05) is 0 Å². The maximum absolute atomic E-state index is 11.8. The highest BCUT2D eigenvalue weighted by Gasteiger charge is 2.60. The minimum atomic E-state index is -0.0144. The molecule has 2 atom stereocenters. The maximum atomic E-state index is 11.8. The topological polar surface area (TPSA) is 17.1 Å². The Morgan fingerprint density at radius 3 is 2.45 bits per heavy atom. The van der Waals surface area contributed by atoms with Crippen LogP contribution in [0.15, 0.2) is 0 Å². The first-order valence-electron chi connectivity index (χ1n) is 4.21. The average molecular weight is 264 g/mol. The molecule has 11 heavy (non-hydrogen) atoms. The molecule has 0 spiro atoms. The molecule has 0 aliphatic heterocycles. The molecule has 0 aromatic carbocycles. The van der Waals surface area contributed by atoms with E-state index in [9.17, 15) is 4.79 Å². The second-order valence-corrected chi connectivity index (χ2v) is 6.52. The van der Waals surface area contributed by atoms with Crippen molar-refractivity contribution in [2.45, 2.75) is 36.5 Å². The molecule has 0 N–H and O–H groups in total. The molecule has 2 bridgehead atoms. The summed E-state index contributed by atoms with van der Waals surface area (Å²) in [6.45, 7) is 4.22. The van der Waals surface area contributed by atoms with Crippen molar-refractivity contribution in [3.8, 4) is 0 Å². The average Bonchev–Trinajstić information content (AvgIpc) is 2.36. The maximum Gasteiger partial charge on any atom is 0.154 e. The number of Topliss-reactive ketones (excluding diaryl/α,β-unsaturated/α-hetero) is 1. The normalized spacial score (nSPS) is 46.8. The van der Waals surface area contributed by atoms with Crippen molar-refractivity contribution in [3.63, 3.8) is 0 Å². The van der Waals surface area contributed by atoms with Gasteiger partial charge in [0.2, 0.25) is 0 Å². The molecule has 2 saturated carbocycles. The third kappa shape index (κ3) is 0.849. The molecule has 62 valence electrons. The molecule has 0 amide bonds. The van der Waals surface area contributed by atoms with Gasteiger partial charge >= 0.3 is 0 Å². The fourth-order valence-corrected chi connectivity index (χ4v) is 4.12. The molecule has 2 rings (SSSR count). The predicted octanol–water partition coefficient (Wildman–Crippen LogP) is 2.57. The van der Waals surface area contributed by atoms with E-state index in [4.69, 9.17) is 0 Å². The number of ketones is 1. The minimum absolute atomic E-state index is 0.0144. The fourth-order valence-electron chi connectivity index (χ4n) is 2.58. The van der Waals surface area contributed by atoms with Crippen molar-refractivity contribution in [2.75, 3.05) is 0 Å². The third-order valence-corrected chi connectivity index (χ3v) is 4.94. The molecule has 2 aliphatic carbocycles. The Morgan fingerprint density at radius 2 is 2.18 bits per heavy atom. The van der Waals surface area contributed by atoms with Crippen LogP contribution in [-0.2, 0) is 4.79 Å². The molecule has 0 saturated heterocycles. The summed E-state index contributed by atoms with van der Waals surface area (Å²) in [5, 5.41) is 0. The van der Waals surface area contributed by atoms with Gasteiger partial charge in [-0.15, -0.1) is 0 Å². The zero-order valence-corrected chi connectivity index (χ0v) is 9.14. The molecule has 0 aromatic rings. The zero-order valence-electron chi connectivity index (χ0n) is 6.98. The summed E-state index contributed by atoms with van der Waals surface area (Å²) >= 11 is 2.37. The van der Waals surface area contributed by atoms with Crippen molar-refractivity contribution in [1.82, 2.24) is 0 Å². The molecule has 1 nitrogen and oxygen atoms in total. The SMILES string of the molecule is CC1(C)C(=O)[C@@]2(I)CC[C@@H]1C2. The van der Waals surface area contributed by atoms with Crippen LogP contribution in [0.2, 0.25) is 0 Å². The second-order valence-electron chi connectivity index (χ2n) is 4.46. The van der Waals surface area contributed by atoms with E-state index in [0.29, 0.717) is 11.7 Å². The van der Waals surface area contributed by atoms with Crippen LogP contribution in [0.1, 0.15) is 33.1 Å². The van der Waals surface area contributed by atoms with Crippen molar-refractivity contribution >= 4 is 28.4 Å². The Hall–Kier alpha value is 0.400. The number of halogens is 1. The lowest BCUT2D eigenvalue weighted by Gasteiger charge is -2.30. The summed E-state index contributed by atoms with van der Waals surface area (Å²) < 4.78 is 0.0337. The first-order chi connectivity index (χ1) is 4.97. The van der Waals surface area contributed by atoms with Gasteiger partial charge in [-0.05, 0) is 25.2 Å². The van der Waals surface area contributed by atoms with Crippen molar-refractivity contribution in [1.29, 1.82) is 0 Å². The summed E-state index contributed by atoms with van der Waals surface area (Å²) in [4.78, 5) is 11.8.